The zero-order valence-electron chi connectivity index (χ0n) is 32.1. The maximum Gasteiger partial charge on any atom is 0.314 e. The third-order valence-corrected chi connectivity index (χ3v) is 10.3. The number of carbonyl (C=O) groups is 4. The fourth-order valence-electron chi connectivity index (χ4n) is 5.43. The van der Waals surface area contributed by atoms with Crippen LogP contribution in [0, 0.1) is 0 Å². The molecule has 5 aromatic rings. The van der Waals surface area contributed by atoms with Crippen molar-refractivity contribution >= 4 is 47.1 Å². The number of halogens is 2. The molecule has 0 bridgehead atoms. The fraction of sp³-hybridized carbons (Fsp3) is 0.261. The van der Waals surface area contributed by atoms with E-state index in [-0.39, 0.29) is 0 Å². The van der Waals surface area contributed by atoms with E-state index in [9.17, 15) is 19.2 Å². The summed E-state index contributed by atoms with van der Waals surface area (Å²) in [5.41, 5.74) is 3.43. The minimum atomic E-state index is -0.857. The van der Waals surface area contributed by atoms with Gasteiger partial charge in [-0.25, -0.2) is 0 Å². The molecule has 0 radical (unpaired) electrons. The Bertz CT molecular complexity index is 2000. The van der Waals surface area contributed by atoms with Gasteiger partial charge in [-0.15, -0.1) is 0 Å². The van der Waals surface area contributed by atoms with Crippen molar-refractivity contribution < 1.29 is 39.6 Å². The Morgan fingerprint density at radius 1 is 0.589 bits per heavy atom. The smallest absolute Gasteiger partial charge is 0.314 e. The number of carboxylic acids is 4. The zero-order valence-corrected chi connectivity index (χ0v) is 33.6. The average Bonchev–Trinajstić information content (AvgIpc) is 3.99. The zero-order chi connectivity index (χ0) is 41.7. The molecule has 1 unspecified atom stereocenters. The predicted octanol–water partition coefficient (Wildman–Crippen LogP) is 10.7. The largest absolute Gasteiger partial charge is 0.481 e. The van der Waals surface area contributed by atoms with E-state index in [0.717, 1.165) is 47.1 Å². The Hall–Kier alpha value is -5.44. The number of hydrogen-bond donors (Lipinski definition) is 4. The molecule has 1 fully saturated rings. The third-order valence-electron chi connectivity index (χ3n) is 9.76. The highest BCUT2D eigenvalue weighted by Crippen LogP contribution is 2.48. The van der Waals surface area contributed by atoms with Crippen molar-refractivity contribution in [1.82, 2.24) is 0 Å². The molecule has 1 saturated carbocycles. The lowest BCUT2D eigenvalue weighted by Gasteiger charge is -2.19. The van der Waals surface area contributed by atoms with E-state index >= 15 is 0 Å². The van der Waals surface area contributed by atoms with E-state index in [1.165, 1.54) is 5.56 Å². The lowest BCUT2D eigenvalue weighted by molar-refractivity contribution is -0.143. The maximum atomic E-state index is 11.0. The van der Waals surface area contributed by atoms with Crippen LogP contribution in [0.4, 0.5) is 0 Å². The number of aliphatic carboxylic acids is 4. The molecule has 4 N–H and O–H groups in total. The maximum absolute atomic E-state index is 11.0. The van der Waals surface area contributed by atoms with E-state index in [2.05, 4.69) is 12.1 Å². The summed E-state index contributed by atoms with van der Waals surface area (Å²) in [6.07, 6.45) is 2.31. The second kappa shape index (κ2) is 19.9. The second-order valence-electron chi connectivity index (χ2n) is 14.6. The Balaban J connectivity index is 0.000000203. The van der Waals surface area contributed by atoms with Crippen molar-refractivity contribution in [2.24, 2.45) is 0 Å². The van der Waals surface area contributed by atoms with E-state index < -0.39 is 46.0 Å². The number of hydrogen-bond acceptors (Lipinski definition) is 4. The molecule has 0 aliphatic heterocycles. The first-order valence-electron chi connectivity index (χ1n) is 17.9. The monoisotopic (exact) mass is 798 g/mol. The predicted molar refractivity (Wildman–Crippen MR) is 221 cm³/mol. The van der Waals surface area contributed by atoms with Gasteiger partial charge in [-0.2, -0.15) is 0 Å². The standard InChI is InChI=1S/C16H16O2.C10H9ClO2.C10H11ClO2.C10H12O2/c1-12(16(17)18)15-9-5-8-14(11-15)10-13-6-3-2-4-7-13;11-8-3-1-7(2-4-8)10(5-6-10)9(12)13;1-10(2,9(12)13)7-3-5-8(11)6-4-7;1-10(2,9(11)12)8-6-4-3-5-7-8/h2-9,11-12H,10H2,1H3,(H,17,18);1-4H,5-6H2,(H,12,13);3-6H,1-2H3,(H,12,13);3-7H,1-2H3,(H,11,12). The fourth-order valence-corrected chi connectivity index (χ4v) is 5.69. The summed E-state index contributed by atoms with van der Waals surface area (Å²) in [4.78, 5) is 43.6. The summed E-state index contributed by atoms with van der Waals surface area (Å²) >= 11 is 11.4. The van der Waals surface area contributed by atoms with Crippen LogP contribution in [0.25, 0.3) is 0 Å². The van der Waals surface area contributed by atoms with Crippen molar-refractivity contribution in [3.8, 4) is 0 Å². The van der Waals surface area contributed by atoms with Crippen LogP contribution in [-0.2, 0) is 41.8 Å². The first kappa shape index (κ1) is 45.0. The van der Waals surface area contributed by atoms with Crippen LogP contribution in [0.15, 0.2) is 133 Å². The Labute approximate surface area is 338 Å². The van der Waals surface area contributed by atoms with Gasteiger partial charge in [0.2, 0.25) is 0 Å². The van der Waals surface area contributed by atoms with E-state index in [0.29, 0.717) is 10.0 Å². The molecular weight excluding hydrogens is 751 g/mol. The summed E-state index contributed by atoms with van der Waals surface area (Å²) < 4.78 is 0. The number of rotatable bonds is 10. The van der Waals surface area contributed by atoms with Gasteiger partial charge >= 0.3 is 23.9 Å². The van der Waals surface area contributed by atoms with Gasteiger partial charge in [0.1, 0.15) is 0 Å². The van der Waals surface area contributed by atoms with Gasteiger partial charge in [-0.05, 0) is 112 Å². The quantitative estimate of drug-likeness (QED) is 0.109. The van der Waals surface area contributed by atoms with Crippen LogP contribution in [0.5, 0.6) is 0 Å². The minimum absolute atomic E-state index is 0.458. The van der Waals surface area contributed by atoms with Crippen molar-refractivity contribution in [3.05, 3.63) is 177 Å². The molecule has 6 rings (SSSR count). The molecule has 1 atom stereocenters. The first-order chi connectivity index (χ1) is 26.3. The number of carboxylic acid groups (broad SMARTS) is 4. The first-order valence-corrected chi connectivity index (χ1v) is 18.7. The van der Waals surface area contributed by atoms with Gasteiger partial charge in [0.25, 0.3) is 0 Å². The third kappa shape index (κ3) is 12.5. The molecule has 0 saturated heterocycles. The minimum Gasteiger partial charge on any atom is -0.481 e. The van der Waals surface area contributed by atoms with Crippen LogP contribution >= 0.6 is 23.2 Å². The molecule has 5 aromatic carbocycles. The summed E-state index contributed by atoms with van der Waals surface area (Å²) in [5, 5.41) is 37.1. The Kier molecular flexibility index (Phi) is 16.0. The van der Waals surface area contributed by atoms with Gasteiger partial charge in [0, 0.05) is 10.0 Å². The highest BCUT2D eigenvalue weighted by molar-refractivity contribution is 6.30. The summed E-state index contributed by atoms with van der Waals surface area (Å²) in [5.74, 6) is -3.61. The molecule has 1 aliphatic carbocycles. The molecule has 56 heavy (non-hydrogen) atoms. The van der Waals surface area contributed by atoms with Crippen LogP contribution in [0.3, 0.4) is 0 Å². The lowest BCUT2D eigenvalue weighted by Crippen LogP contribution is -2.28. The van der Waals surface area contributed by atoms with Crippen molar-refractivity contribution in [2.75, 3.05) is 0 Å². The molecule has 1 aliphatic rings. The molecular formula is C46H48Cl2O8. The van der Waals surface area contributed by atoms with Gasteiger partial charge in [0.05, 0.1) is 22.2 Å². The average molecular weight is 800 g/mol. The van der Waals surface area contributed by atoms with Gasteiger partial charge < -0.3 is 20.4 Å². The normalized spacial score (nSPS) is 13.1. The van der Waals surface area contributed by atoms with Crippen LogP contribution in [-0.4, -0.2) is 44.3 Å². The van der Waals surface area contributed by atoms with Crippen molar-refractivity contribution in [3.63, 3.8) is 0 Å². The van der Waals surface area contributed by atoms with Crippen molar-refractivity contribution in [1.29, 1.82) is 0 Å². The molecule has 0 heterocycles. The summed E-state index contributed by atoms with van der Waals surface area (Å²) in [6.45, 7) is 8.44. The Morgan fingerprint density at radius 3 is 1.45 bits per heavy atom. The van der Waals surface area contributed by atoms with Crippen LogP contribution < -0.4 is 0 Å². The molecule has 0 spiro atoms. The Morgan fingerprint density at radius 2 is 1.02 bits per heavy atom. The highest BCUT2D eigenvalue weighted by Gasteiger charge is 2.51. The number of benzene rings is 5. The van der Waals surface area contributed by atoms with Gasteiger partial charge in [-0.3, -0.25) is 19.2 Å². The van der Waals surface area contributed by atoms with Crippen molar-refractivity contribution in [2.45, 2.75) is 76.0 Å². The lowest BCUT2D eigenvalue weighted by atomic mass is 9.85. The van der Waals surface area contributed by atoms with E-state index in [4.69, 9.17) is 43.6 Å². The van der Waals surface area contributed by atoms with Crippen LogP contribution in [0.1, 0.15) is 86.8 Å². The molecule has 10 heteroatoms. The summed E-state index contributed by atoms with van der Waals surface area (Å²) in [7, 11) is 0. The highest BCUT2D eigenvalue weighted by atomic mass is 35.5. The molecule has 294 valence electrons. The second-order valence-corrected chi connectivity index (χ2v) is 15.5. The topological polar surface area (TPSA) is 149 Å². The molecule has 0 amide bonds. The van der Waals surface area contributed by atoms with Crippen LogP contribution in [0.2, 0.25) is 10.0 Å². The summed E-state index contributed by atoms with van der Waals surface area (Å²) in [6, 6.07) is 41.1. The van der Waals surface area contributed by atoms with Gasteiger partial charge in [-0.1, -0.05) is 132 Å². The SMILES string of the molecule is CC(C(=O)O)c1cccc(Cc2ccccc2)c1.CC(C)(C(=O)O)c1ccc(Cl)cc1.CC(C)(C(=O)O)c1ccccc1.O=C(O)C1(c2ccc(Cl)cc2)CC1. The molecule has 0 aromatic heterocycles. The van der Waals surface area contributed by atoms with Gasteiger partial charge in [0.15, 0.2) is 0 Å². The van der Waals surface area contributed by atoms with E-state index in [1.807, 2.05) is 72.8 Å². The van der Waals surface area contributed by atoms with E-state index in [1.54, 1.807) is 83.1 Å². The molecule has 8 nitrogen and oxygen atoms in total.